The molecule has 0 radical (unpaired) electrons. The predicted molar refractivity (Wildman–Crippen MR) is 56.4 cm³/mol. The lowest BCUT2D eigenvalue weighted by molar-refractivity contribution is 0.00933. The smallest absolute Gasteiger partial charge is 0.338 e. The van der Waals surface area contributed by atoms with E-state index < -0.39 is 18.7 Å². The molecule has 0 aliphatic heterocycles. The van der Waals surface area contributed by atoms with Gasteiger partial charge in [0.25, 0.3) is 0 Å². The van der Waals surface area contributed by atoms with Gasteiger partial charge in [0.05, 0.1) is 19.3 Å². The molecular formula is C11H14O5. The molecule has 5 heteroatoms. The predicted octanol–water partition coefficient (Wildman–Crippen LogP) is 0.205. The Balaban J connectivity index is 2.52. The van der Waals surface area contributed by atoms with Crippen LogP contribution in [-0.4, -0.2) is 42.6 Å². The topological polar surface area (TPSA) is 76.0 Å². The first-order valence-corrected chi connectivity index (χ1v) is 4.77. The first-order chi connectivity index (χ1) is 7.67. The van der Waals surface area contributed by atoms with Gasteiger partial charge in [-0.1, -0.05) is 0 Å². The maximum Gasteiger partial charge on any atom is 0.338 e. The summed E-state index contributed by atoms with van der Waals surface area (Å²) in [5, 5.41) is 17.5. The zero-order valence-corrected chi connectivity index (χ0v) is 8.92. The van der Waals surface area contributed by atoms with Crippen molar-refractivity contribution in [3.8, 4) is 5.75 Å². The van der Waals surface area contributed by atoms with E-state index in [1.807, 2.05) is 0 Å². The van der Waals surface area contributed by atoms with Gasteiger partial charge in [0.1, 0.15) is 18.5 Å². The molecule has 0 bridgehead atoms. The maximum atomic E-state index is 11.4. The maximum absolute atomic E-state index is 11.4. The number of hydrogen-bond donors (Lipinski definition) is 2. The van der Waals surface area contributed by atoms with Crippen molar-refractivity contribution in [2.24, 2.45) is 0 Å². The van der Waals surface area contributed by atoms with Crippen molar-refractivity contribution >= 4 is 5.97 Å². The summed E-state index contributed by atoms with van der Waals surface area (Å²) in [4.78, 5) is 11.4. The average Bonchev–Trinajstić information content (AvgIpc) is 2.35. The highest BCUT2D eigenvalue weighted by atomic mass is 16.5. The normalized spacial score (nSPS) is 11.9. The van der Waals surface area contributed by atoms with Gasteiger partial charge < -0.3 is 19.7 Å². The summed E-state index contributed by atoms with van der Waals surface area (Å²) in [5.41, 5.74) is 0.367. The van der Waals surface area contributed by atoms with Gasteiger partial charge in [0.15, 0.2) is 0 Å². The minimum Gasteiger partial charge on any atom is -0.497 e. The number of esters is 1. The molecule has 0 spiro atoms. The number of carbonyl (C=O) groups excluding carboxylic acids is 1. The molecule has 16 heavy (non-hydrogen) atoms. The molecule has 0 aliphatic rings. The van der Waals surface area contributed by atoms with E-state index in [2.05, 4.69) is 0 Å². The molecule has 0 fully saturated rings. The van der Waals surface area contributed by atoms with E-state index in [4.69, 9.17) is 19.7 Å². The summed E-state index contributed by atoms with van der Waals surface area (Å²) in [6, 6.07) is 6.40. The van der Waals surface area contributed by atoms with Gasteiger partial charge in [-0.3, -0.25) is 0 Å². The third kappa shape index (κ3) is 3.52. The quantitative estimate of drug-likeness (QED) is 0.702. The van der Waals surface area contributed by atoms with Gasteiger partial charge in [-0.05, 0) is 24.3 Å². The summed E-state index contributed by atoms with van der Waals surface area (Å²) in [5.74, 6) is 0.0992. The Hall–Kier alpha value is -1.59. The standard InChI is InChI=1S/C11H14O5/c1-15-10-4-2-8(3-5-10)11(14)16-7-9(13)6-12/h2-5,9,12-13H,6-7H2,1H3. The van der Waals surface area contributed by atoms with Crippen LogP contribution in [0.4, 0.5) is 0 Å². The number of aliphatic hydroxyl groups excluding tert-OH is 2. The SMILES string of the molecule is COc1ccc(C(=O)OCC(O)CO)cc1. The van der Waals surface area contributed by atoms with Crippen LogP contribution in [0.3, 0.4) is 0 Å². The number of carbonyl (C=O) groups is 1. The second-order valence-electron chi connectivity index (χ2n) is 3.16. The Bertz CT molecular complexity index is 333. The number of benzene rings is 1. The van der Waals surface area contributed by atoms with Crippen LogP contribution in [0.2, 0.25) is 0 Å². The third-order valence-electron chi connectivity index (χ3n) is 1.94. The lowest BCUT2D eigenvalue weighted by atomic mass is 10.2. The minimum absolute atomic E-state index is 0.221. The van der Waals surface area contributed by atoms with Crippen LogP contribution in [0.1, 0.15) is 10.4 Å². The Kier molecular flexibility index (Phi) is 4.75. The molecule has 1 atom stereocenters. The Morgan fingerprint density at radius 1 is 1.38 bits per heavy atom. The molecule has 0 amide bonds. The zero-order chi connectivity index (χ0) is 12.0. The molecular weight excluding hydrogens is 212 g/mol. The molecule has 0 aliphatic carbocycles. The first kappa shape index (κ1) is 12.5. The van der Waals surface area contributed by atoms with Crippen LogP contribution < -0.4 is 4.74 Å². The lowest BCUT2D eigenvalue weighted by Gasteiger charge is -2.08. The second-order valence-corrected chi connectivity index (χ2v) is 3.16. The van der Waals surface area contributed by atoms with Crippen molar-refractivity contribution in [1.29, 1.82) is 0 Å². The zero-order valence-electron chi connectivity index (χ0n) is 8.92. The van der Waals surface area contributed by atoms with E-state index in [1.165, 1.54) is 7.11 Å². The molecule has 0 aromatic heterocycles. The molecule has 1 unspecified atom stereocenters. The number of ether oxygens (including phenoxy) is 2. The highest BCUT2D eigenvalue weighted by molar-refractivity contribution is 5.89. The largest absolute Gasteiger partial charge is 0.497 e. The average molecular weight is 226 g/mol. The summed E-state index contributed by atoms with van der Waals surface area (Å²) in [6.45, 7) is -0.656. The van der Waals surface area contributed by atoms with Crippen molar-refractivity contribution in [3.63, 3.8) is 0 Å². The molecule has 1 aromatic carbocycles. The van der Waals surface area contributed by atoms with Crippen LogP contribution in [0.25, 0.3) is 0 Å². The Morgan fingerprint density at radius 3 is 2.50 bits per heavy atom. The van der Waals surface area contributed by atoms with Crippen molar-refractivity contribution in [2.45, 2.75) is 6.10 Å². The molecule has 0 saturated heterocycles. The fourth-order valence-electron chi connectivity index (χ4n) is 1.04. The summed E-state index contributed by atoms with van der Waals surface area (Å²) in [7, 11) is 1.53. The van der Waals surface area contributed by atoms with Crippen LogP contribution in [0.15, 0.2) is 24.3 Å². The van der Waals surface area contributed by atoms with Gasteiger partial charge in [-0.25, -0.2) is 4.79 Å². The van der Waals surface area contributed by atoms with Crippen molar-refractivity contribution in [3.05, 3.63) is 29.8 Å². The minimum atomic E-state index is -1.04. The molecule has 1 aromatic rings. The number of aliphatic hydroxyl groups is 2. The second kappa shape index (κ2) is 6.09. The molecule has 0 heterocycles. The van der Waals surface area contributed by atoms with Crippen molar-refractivity contribution < 1.29 is 24.5 Å². The van der Waals surface area contributed by atoms with E-state index in [0.29, 0.717) is 11.3 Å². The summed E-state index contributed by atoms with van der Waals surface area (Å²) in [6.07, 6.45) is -1.04. The van der Waals surface area contributed by atoms with E-state index in [9.17, 15) is 4.79 Å². The van der Waals surface area contributed by atoms with Gasteiger partial charge in [0, 0.05) is 0 Å². The third-order valence-corrected chi connectivity index (χ3v) is 1.94. The summed E-state index contributed by atoms with van der Waals surface area (Å²) < 4.78 is 9.70. The number of methoxy groups -OCH3 is 1. The van der Waals surface area contributed by atoms with Crippen LogP contribution in [0, 0.1) is 0 Å². The molecule has 2 N–H and O–H groups in total. The number of rotatable bonds is 5. The van der Waals surface area contributed by atoms with Gasteiger partial charge >= 0.3 is 5.97 Å². The van der Waals surface area contributed by atoms with Gasteiger partial charge in [0.2, 0.25) is 0 Å². The van der Waals surface area contributed by atoms with E-state index in [1.54, 1.807) is 24.3 Å². The fraction of sp³-hybridized carbons (Fsp3) is 0.364. The van der Waals surface area contributed by atoms with Crippen molar-refractivity contribution in [1.82, 2.24) is 0 Å². The van der Waals surface area contributed by atoms with E-state index in [0.717, 1.165) is 0 Å². The molecule has 1 rings (SSSR count). The molecule has 5 nitrogen and oxygen atoms in total. The fourth-order valence-corrected chi connectivity index (χ4v) is 1.04. The van der Waals surface area contributed by atoms with Crippen LogP contribution in [0.5, 0.6) is 5.75 Å². The molecule has 88 valence electrons. The lowest BCUT2D eigenvalue weighted by Crippen LogP contribution is -2.21. The van der Waals surface area contributed by atoms with Crippen LogP contribution in [-0.2, 0) is 4.74 Å². The summed E-state index contributed by atoms with van der Waals surface area (Å²) >= 11 is 0. The monoisotopic (exact) mass is 226 g/mol. The van der Waals surface area contributed by atoms with E-state index in [-0.39, 0.29) is 6.61 Å². The van der Waals surface area contributed by atoms with Gasteiger partial charge in [-0.15, -0.1) is 0 Å². The van der Waals surface area contributed by atoms with Gasteiger partial charge in [-0.2, -0.15) is 0 Å². The Labute approximate surface area is 93.2 Å². The number of hydrogen-bond acceptors (Lipinski definition) is 5. The van der Waals surface area contributed by atoms with Crippen LogP contribution >= 0.6 is 0 Å². The van der Waals surface area contributed by atoms with E-state index >= 15 is 0 Å². The highest BCUT2D eigenvalue weighted by Gasteiger charge is 2.10. The first-order valence-electron chi connectivity index (χ1n) is 4.77. The van der Waals surface area contributed by atoms with Crippen molar-refractivity contribution in [2.75, 3.05) is 20.3 Å². The molecule has 0 saturated carbocycles. The highest BCUT2D eigenvalue weighted by Crippen LogP contribution is 2.12. The Morgan fingerprint density at radius 2 is 2.00 bits per heavy atom.